The third-order valence-electron chi connectivity index (χ3n) is 5.66. The molecule has 38 heavy (non-hydrogen) atoms. The molecule has 0 N–H and O–H groups in total. The van der Waals surface area contributed by atoms with Crippen LogP contribution in [0.3, 0.4) is 0 Å². The van der Waals surface area contributed by atoms with E-state index in [1.54, 1.807) is 24.3 Å². The van der Waals surface area contributed by atoms with Gasteiger partial charge in [0.1, 0.15) is 5.75 Å². The number of hydrogen-bond acceptors (Lipinski definition) is 5. The van der Waals surface area contributed by atoms with E-state index in [1.807, 2.05) is 41.2 Å². The average molecular weight is 538 g/mol. The van der Waals surface area contributed by atoms with Gasteiger partial charge < -0.3 is 9.30 Å². The molecular formula is C27H19ClF3N5O2. The zero-order chi connectivity index (χ0) is 26.7. The van der Waals surface area contributed by atoms with Crippen molar-refractivity contribution in [3.05, 3.63) is 108 Å². The molecule has 0 unspecified atom stereocenters. The summed E-state index contributed by atoms with van der Waals surface area (Å²) >= 11 is 5.84. The molecule has 0 aliphatic carbocycles. The molecule has 0 amide bonds. The van der Waals surface area contributed by atoms with Crippen LogP contribution in [0.25, 0.3) is 22.8 Å². The number of hydrogen-bond donors (Lipinski definition) is 0. The molecule has 0 saturated heterocycles. The fourth-order valence-electron chi connectivity index (χ4n) is 3.79. The Kier molecular flexibility index (Phi) is 6.97. The molecule has 0 fully saturated rings. The van der Waals surface area contributed by atoms with Gasteiger partial charge in [0, 0.05) is 30.1 Å². The number of aromatic nitrogens is 5. The van der Waals surface area contributed by atoms with E-state index in [-0.39, 0.29) is 18.0 Å². The summed E-state index contributed by atoms with van der Waals surface area (Å²) in [5.74, 6) is 0.287. The predicted octanol–water partition coefficient (Wildman–Crippen LogP) is 6.33. The summed E-state index contributed by atoms with van der Waals surface area (Å²) in [5.41, 5.74) is 1.67. The molecule has 0 radical (unpaired) electrons. The Bertz CT molecular complexity index is 1530. The highest BCUT2D eigenvalue weighted by molar-refractivity contribution is 6.29. The molecule has 0 aliphatic rings. The first-order valence-corrected chi connectivity index (χ1v) is 11.8. The second kappa shape index (κ2) is 10.5. The third kappa shape index (κ3) is 5.76. The number of aryl methyl sites for hydroxylation is 1. The highest BCUT2D eigenvalue weighted by Crippen LogP contribution is 2.32. The van der Waals surface area contributed by atoms with E-state index in [0.29, 0.717) is 28.5 Å². The van der Waals surface area contributed by atoms with E-state index in [9.17, 15) is 18.0 Å². The molecule has 3 heterocycles. The molecule has 2 aromatic carbocycles. The van der Waals surface area contributed by atoms with E-state index < -0.39 is 17.7 Å². The first-order chi connectivity index (χ1) is 18.3. The molecule has 192 valence electrons. The monoisotopic (exact) mass is 537 g/mol. The van der Waals surface area contributed by atoms with Crippen molar-refractivity contribution >= 4 is 17.6 Å². The van der Waals surface area contributed by atoms with Crippen molar-refractivity contribution in [2.24, 2.45) is 0 Å². The number of esters is 1. The van der Waals surface area contributed by atoms with Crippen molar-refractivity contribution in [1.29, 1.82) is 0 Å². The number of benzene rings is 2. The number of carbonyl (C=O) groups is 1. The molecule has 0 saturated carbocycles. The quantitative estimate of drug-likeness (QED) is 0.179. The minimum atomic E-state index is -4.45. The van der Waals surface area contributed by atoms with Crippen molar-refractivity contribution in [3.63, 3.8) is 0 Å². The summed E-state index contributed by atoms with van der Waals surface area (Å²) in [6, 6.07) is 20.5. The van der Waals surface area contributed by atoms with E-state index >= 15 is 0 Å². The van der Waals surface area contributed by atoms with E-state index in [0.717, 1.165) is 17.8 Å². The first-order valence-electron chi connectivity index (χ1n) is 11.5. The van der Waals surface area contributed by atoms with Gasteiger partial charge in [0.15, 0.2) is 11.0 Å². The average Bonchev–Trinajstić information content (AvgIpc) is 3.59. The minimum Gasteiger partial charge on any atom is -0.427 e. The fraction of sp³-hybridized carbons (Fsp3) is 0.111. The number of carbonyl (C=O) groups excluding carboxylic acids is 1. The number of nitrogens with zero attached hydrogens (tertiary/aromatic N) is 5. The lowest BCUT2D eigenvalue weighted by atomic mass is 10.1. The third-order valence-corrected chi connectivity index (χ3v) is 5.86. The van der Waals surface area contributed by atoms with Crippen LogP contribution in [-0.4, -0.2) is 30.5 Å². The number of halogens is 4. The fourth-order valence-corrected chi connectivity index (χ4v) is 3.89. The van der Waals surface area contributed by atoms with Crippen molar-refractivity contribution in [2.75, 3.05) is 0 Å². The maximum Gasteiger partial charge on any atom is 0.416 e. The van der Waals surface area contributed by atoms with Gasteiger partial charge in [-0.2, -0.15) is 18.3 Å². The topological polar surface area (TPSA) is 74.8 Å². The largest absolute Gasteiger partial charge is 0.427 e. The van der Waals surface area contributed by atoms with Crippen LogP contribution in [0, 0.1) is 0 Å². The molecule has 0 bridgehead atoms. The van der Waals surface area contributed by atoms with Crippen LogP contribution in [0.5, 0.6) is 5.75 Å². The van der Waals surface area contributed by atoms with Gasteiger partial charge in [-0.1, -0.05) is 23.7 Å². The molecule has 11 heteroatoms. The number of alkyl halides is 3. The van der Waals surface area contributed by atoms with Gasteiger partial charge in [0.2, 0.25) is 0 Å². The van der Waals surface area contributed by atoms with Crippen LogP contribution in [0.15, 0.2) is 91.3 Å². The smallest absolute Gasteiger partial charge is 0.416 e. The molecule has 5 rings (SSSR count). The zero-order valence-electron chi connectivity index (χ0n) is 19.6. The van der Waals surface area contributed by atoms with Crippen molar-refractivity contribution < 1.29 is 22.7 Å². The van der Waals surface area contributed by atoms with Crippen LogP contribution in [0.4, 0.5) is 13.2 Å². The van der Waals surface area contributed by atoms with E-state index in [1.165, 1.54) is 22.9 Å². The molecule has 0 aliphatic heterocycles. The van der Waals surface area contributed by atoms with Gasteiger partial charge in [-0.05, 0) is 66.7 Å². The maximum absolute atomic E-state index is 13.0. The second-order valence-electron chi connectivity index (χ2n) is 8.28. The van der Waals surface area contributed by atoms with Crippen LogP contribution in [0.2, 0.25) is 5.15 Å². The highest BCUT2D eigenvalue weighted by atomic mass is 35.5. The van der Waals surface area contributed by atoms with E-state index in [4.69, 9.17) is 16.3 Å². The second-order valence-corrected chi connectivity index (χ2v) is 8.67. The van der Waals surface area contributed by atoms with Crippen LogP contribution in [0.1, 0.15) is 17.7 Å². The molecule has 0 spiro atoms. The van der Waals surface area contributed by atoms with Crippen LogP contribution in [-0.2, 0) is 17.4 Å². The Morgan fingerprint density at radius 3 is 2.26 bits per heavy atom. The summed E-state index contributed by atoms with van der Waals surface area (Å²) in [6.07, 6.45) is -0.352. The predicted molar refractivity (Wildman–Crippen MR) is 134 cm³/mol. The maximum atomic E-state index is 13.0. The Hall–Kier alpha value is -4.44. The van der Waals surface area contributed by atoms with Crippen molar-refractivity contribution in [3.8, 4) is 28.5 Å². The van der Waals surface area contributed by atoms with Crippen molar-refractivity contribution in [2.45, 2.75) is 19.0 Å². The van der Waals surface area contributed by atoms with Crippen LogP contribution < -0.4 is 4.74 Å². The summed E-state index contributed by atoms with van der Waals surface area (Å²) in [7, 11) is 0. The summed E-state index contributed by atoms with van der Waals surface area (Å²) in [4.78, 5) is 12.5. The van der Waals surface area contributed by atoms with Crippen LogP contribution >= 0.6 is 11.6 Å². The Balaban J connectivity index is 1.32. The summed E-state index contributed by atoms with van der Waals surface area (Å²) in [5, 5.41) is 12.5. The van der Waals surface area contributed by atoms with Gasteiger partial charge in [-0.25, -0.2) is 4.68 Å². The highest BCUT2D eigenvalue weighted by Gasteiger charge is 2.30. The van der Waals surface area contributed by atoms with Gasteiger partial charge in [0.25, 0.3) is 0 Å². The Morgan fingerprint density at radius 1 is 0.921 bits per heavy atom. The van der Waals surface area contributed by atoms with Gasteiger partial charge in [0.05, 0.1) is 23.4 Å². The molecule has 3 aromatic heterocycles. The minimum absolute atomic E-state index is 0.0368. The van der Waals surface area contributed by atoms with Gasteiger partial charge in [-0.15, -0.1) is 10.2 Å². The lowest BCUT2D eigenvalue weighted by Crippen LogP contribution is -2.09. The van der Waals surface area contributed by atoms with Gasteiger partial charge >= 0.3 is 12.1 Å². The molecular weight excluding hydrogens is 519 g/mol. The lowest BCUT2D eigenvalue weighted by molar-refractivity contribution is -0.137. The van der Waals surface area contributed by atoms with Gasteiger partial charge in [-0.3, -0.25) is 4.79 Å². The summed E-state index contributed by atoms with van der Waals surface area (Å²) < 4.78 is 47.9. The standard InChI is InChI=1S/C27H19ClF3N5O2/c28-24-12-13-25(33-32-24)36-23(18-3-5-19(6-4-18)27(29,30)31)17-20(34-36)7-14-26(37)38-22-10-8-21(9-11-22)35-15-1-2-16-35/h1-6,8-13,15-17H,7,14H2. The Labute approximate surface area is 220 Å². The SMILES string of the molecule is O=C(CCc1cc(-c2ccc(C(F)(F)F)cc2)n(-c2ccc(Cl)nn2)n1)Oc1ccc(-n2cccc2)cc1. The lowest BCUT2D eigenvalue weighted by Gasteiger charge is -2.09. The molecule has 7 nitrogen and oxygen atoms in total. The number of rotatable bonds is 7. The zero-order valence-corrected chi connectivity index (χ0v) is 20.4. The summed E-state index contributed by atoms with van der Waals surface area (Å²) in [6.45, 7) is 0. The molecule has 5 aromatic rings. The normalized spacial score (nSPS) is 11.5. The number of ether oxygens (including phenoxy) is 1. The molecule has 0 atom stereocenters. The first kappa shape index (κ1) is 25.2. The Morgan fingerprint density at radius 2 is 1.63 bits per heavy atom. The van der Waals surface area contributed by atoms with E-state index in [2.05, 4.69) is 15.3 Å². The van der Waals surface area contributed by atoms with Crippen molar-refractivity contribution in [1.82, 2.24) is 24.5 Å².